The van der Waals surface area contributed by atoms with Crippen LogP contribution in [-0.2, 0) is 9.53 Å². The van der Waals surface area contributed by atoms with Crippen molar-refractivity contribution in [3.63, 3.8) is 0 Å². The molecule has 2 atom stereocenters. The highest BCUT2D eigenvalue weighted by molar-refractivity contribution is 5.89. The van der Waals surface area contributed by atoms with Gasteiger partial charge < -0.3 is 9.84 Å². The summed E-state index contributed by atoms with van der Waals surface area (Å²) in [6.45, 7) is 5.57. The van der Waals surface area contributed by atoms with Crippen LogP contribution in [-0.4, -0.2) is 29.2 Å². The Kier molecular flexibility index (Phi) is 3.02. The van der Waals surface area contributed by atoms with Crippen molar-refractivity contribution in [2.45, 2.75) is 51.2 Å². The van der Waals surface area contributed by atoms with Gasteiger partial charge in [0.15, 0.2) is 11.4 Å². The van der Waals surface area contributed by atoms with Crippen molar-refractivity contribution < 1.29 is 14.6 Å². The molecule has 0 bridgehead atoms. The van der Waals surface area contributed by atoms with E-state index >= 15 is 0 Å². The van der Waals surface area contributed by atoms with E-state index in [-0.39, 0.29) is 5.78 Å². The molecule has 1 aliphatic carbocycles. The molecule has 14 heavy (non-hydrogen) atoms. The summed E-state index contributed by atoms with van der Waals surface area (Å²) in [5.74, 6) is 0.304. The van der Waals surface area contributed by atoms with Crippen LogP contribution in [0.25, 0.3) is 0 Å². The predicted molar refractivity (Wildman–Crippen MR) is 54.1 cm³/mol. The number of aliphatic hydroxyl groups is 1. The lowest BCUT2D eigenvalue weighted by molar-refractivity contribution is -0.181. The van der Waals surface area contributed by atoms with E-state index in [0.717, 1.165) is 6.42 Å². The van der Waals surface area contributed by atoms with Crippen molar-refractivity contribution in [2.75, 3.05) is 7.11 Å². The molecule has 0 aromatic rings. The normalized spacial score (nSPS) is 34.6. The van der Waals surface area contributed by atoms with Gasteiger partial charge in [0, 0.05) is 13.5 Å². The highest BCUT2D eigenvalue weighted by Gasteiger charge is 2.51. The summed E-state index contributed by atoms with van der Waals surface area (Å²) in [6.07, 6.45) is 1.85. The Morgan fingerprint density at radius 2 is 2.14 bits per heavy atom. The zero-order valence-corrected chi connectivity index (χ0v) is 9.46. The highest BCUT2D eigenvalue weighted by Crippen LogP contribution is 2.38. The van der Waals surface area contributed by atoms with Crippen molar-refractivity contribution >= 4 is 5.78 Å². The summed E-state index contributed by atoms with van der Waals surface area (Å²) in [5.41, 5.74) is -2.08. The summed E-state index contributed by atoms with van der Waals surface area (Å²) >= 11 is 0. The number of carbonyl (C=O) groups is 1. The molecule has 3 nitrogen and oxygen atoms in total. The van der Waals surface area contributed by atoms with Gasteiger partial charge in [0.25, 0.3) is 0 Å². The van der Waals surface area contributed by atoms with Crippen LogP contribution in [0.1, 0.15) is 40.0 Å². The molecule has 2 unspecified atom stereocenters. The molecule has 0 saturated heterocycles. The van der Waals surface area contributed by atoms with Crippen LogP contribution in [0.4, 0.5) is 0 Å². The molecule has 0 aromatic carbocycles. The van der Waals surface area contributed by atoms with Crippen LogP contribution in [0.2, 0.25) is 0 Å². The maximum absolute atomic E-state index is 11.8. The number of methoxy groups -OCH3 is 1. The fraction of sp³-hybridized carbons (Fsp3) is 0.909. The van der Waals surface area contributed by atoms with E-state index in [1.165, 1.54) is 7.11 Å². The SMILES string of the molecule is COC(C)(C)C1(O)CCC(C)CC1=O. The van der Waals surface area contributed by atoms with Gasteiger partial charge in [-0.25, -0.2) is 0 Å². The van der Waals surface area contributed by atoms with Crippen LogP contribution in [0.15, 0.2) is 0 Å². The number of Topliss-reactive ketones (excluding diaryl/α,β-unsaturated/α-hetero) is 1. The Bertz CT molecular complexity index is 235. The lowest BCUT2D eigenvalue weighted by Crippen LogP contribution is -2.59. The van der Waals surface area contributed by atoms with Gasteiger partial charge in [0.1, 0.15) is 0 Å². The van der Waals surface area contributed by atoms with Gasteiger partial charge in [-0.15, -0.1) is 0 Å². The van der Waals surface area contributed by atoms with Crippen molar-refractivity contribution in [3.8, 4) is 0 Å². The topological polar surface area (TPSA) is 46.5 Å². The Labute approximate surface area is 85.5 Å². The first kappa shape index (κ1) is 11.7. The van der Waals surface area contributed by atoms with Gasteiger partial charge in [-0.3, -0.25) is 4.79 Å². The average molecular weight is 200 g/mol. The van der Waals surface area contributed by atoms with Crippen molar-refractivity contribution in [1.82, 2.24) is 0 Å². The first-order chi connectivity index (χ1) is 6.33. The van der Waals surface area contributed by atoms with Gasteiger partial charge >= 0.3 is 0 Å². The summed E-state index contributed by atoms with van der Waals surface area (Å²) in [4.78, 5) is 11.8. The minimum Gasteiger partial charge on any atom is -0.379 e. The van der Waals surface area contributed by atoms with Crippen molar-refractivity contribution in [3.05, 3.63) is 0 Å². The average Bonchev–Trinajstić information content (AvgIpc) is 2.12. The molecule has 0 aromatic heterocycles. The number of ether oxygens (including phenoxy) is 1. The molecule has 1 saturated carbocycles. The van der Waals surface area contributed by atoms with Gasteiger partial charge in [-0.05, 0) is 32.6 Å². The minimum absolute atomic E-state index is 0.0805. The fourth-order valence-electron chi connectivity index (χ4n) is 1.99. The molecule has 82 valence electrons. The number of ketones is 1. The van der Waals surface area contributed by atoms with Crippen LogP contribution >= 0.6 is 0 Å². The van der Waals surface area contributed by atoms with E-state index in [0.29, 0.717) is 18.8 Å². The molecule has 0 radical (unpaired) electrons. The molecule has 0 heterocycles. The molecule has 0 aliphatic heterocycles. The maximum Gasteiger partial charge on any atom is 0.167 e. The zero-order chi connectivity index (χ0) is 11.0. The van der Waals surface area contributed by atoms with Gasteiger partial charge in [-0.1, -0.05) is 6.92 Å². The molecule has 0 amide bonds. The van der Waals surface area contributed by atoms with E-state index in [1.54, 1.807) is 13.8 Å². The number of hydrogen-bond donors (Lipinski definition) is 1. The molecule has 1 fully saturated rings. The van der Waals surface area contributed by atoms with Crippen LogP contribution in [0.5, 0.6) is 0 Å². The Balaban J connectivity index is 2.89. The lowest BCUT2D eigenvalue weighted by atomic mass is 9.70. The molecule has 0 spiro atoms. The smallest absolute Gasteiger partial charge is 0.167 e. The molecular weight excluding hydrogens is 180 g/mol. The summed E-state index contributed by atoms with van der Waals surface area (Å²) in [6, 6.07) is 0. The monoisotopic (exact) mass is 200 g/mol. The van der Waals surface area contributed by atoms with E-state index in [2.05, 4.69) is 0 Å². The summed E-state index contributed by atoms with van der Waals surface area (Å²) in [7, 11) is 1.53. The molecule has 1 rings (SSSR count). The largest absolute Gasteiger partial charge is 0.379 e. The predicted octanol–water partition coefficient (Wildman–Crippen LogP) is 1.53. The van der Waals surface area contributed by atoms with Gasteiger partial charge in [0.05, 0.1) is 5.60 Å². The van der Waals surface area contributed by atoms with Crippen molar-refractivity contribution in [2.24, 2.45) is 5.92 Å². The first-order valence-corrected chi connectivity index (χ1v) is 5.14. The second-order valence-corrected chi connectivity index (χ2v) is 4.85. The molecule has 3 heteroatoms. The third-order valence-electron chi connectivity index (χ3n) is 3.50. The first-order valence-electron chi connectivity index (χ1n) is 5.14. The second kappa shape index (κ2) is 3.63. The van der Waals surface area contributed by atoms with Gasteiger partial charge in [-0.2, -0.15) is 0 Å². The highest BCUT2D eigenvalue weighted by atomic mass is 16.5. The number of rotatable bonds is 2. The van der Waals surface area contributed by atoms with Crippen molar-refractivity contribution in [1.29, 1.82) is 0 Å². The third kappa shape index (κ3) is 1.71. The summed E-state index contributed by atoms with van der Waals surface area (Å²) in [5, 5.41) is 10.3. The molecule has 1 aliphatic rings. The third-order valence-corrected chi connectivity index (χ3v) is 3.50. The van der Waals surface area contributed by atoms with E-state index in [4.69, 9.17) is 4.74 Å². The fourth-order valence-corrected chi connectivity index (χ4v) is 1.99. The quantitative estimate of drug-likeness (QED) is 0.735. The zero-order valence-electron chi connectivity index (χ0n) is 9.46. The molecular formula is C11H20O3. The van der Waals surface area contributed by atoms with Crippen LogP contribution in [0.3, 0.4) is 0 Å². The summed E-state index contributed by atoms with van der Waals surface area (Å²) < 4.78 is 5.21. The lowest BCUT2D eigenvalue weighted by Gasteiger charge is -2.43. The molecule has 1 N–H and O–H groups in total. The Hall–Kier alpha value is -0.410. The standard InChI is InChI=1S/C11H20O3/c1-8-5-6-11(13,9(12)7-8)10(2,3)14-4/h8,13H,5-7H2,1-4H3. The minimum atomic E-state index is -1.30. The Morgan fingerprint density at radius 3 is 2.57 bits per heavy atom. The number of hydrogen-bond acceptors (Lipinski definition) is 3. The van der Waals surface area contributed by atoms with E-state index < -0.39 is 11.2 Å². The van der Waals surface area contributed by atoms with E-state index in [1.807, 2.05) is 6.92 Å². The van der Waals surface area contributed by atoms with Crippen LogP contribution < -0.4 is 0 Å². The maximum atomic E-state index is 11.8. The number of carbonyl (C=O) groups excluding carboxylic acids is 1. The van der Waals surface area contributed by atoms with Gasteiger partial charge in [0.2, 0.25) is 0 Å². The Morgan fingerprint density at radius 1 is 1.57 bits per heavy atom. The van der Waals surface area contributed by atoms with E-state index in [9.17, 15) is 9.90 Å². The second-order valence-electron chi connectivity index (χ2n) is 4.85. The van der Waals surface area contributed by atoms with Crippen LogP contribution in [0, 0.1) is 5.92 Å².